The van der Waals surface area contributed by atoms with Crippen molar-refractivity contribution in [1.29, 1.82) is 0 Å². The molecule has 6 heteroatoms. The molecule has 0 bridgehead atoms. The van der Waals surface area contributed by atoms with E-state index in [9.17, 15) is 4.79 Å². The van der Waals surface area contributed by atoms with Crippen LogP contribution in [0.1, 0.15) is 36.8 Å². The Bertz CT molecular complexity index is 829. The minimum atomic E-state index is -0.0907. The molecule has 2 atom stereocenters. The molecule has 1 fully saturated rings. The van der Waals surface area contributed by atoms with Gasteiger partial charge in [-0.25, -0.2) is 0 Å². The van der Waals surface area contributed by atoms with Gasteiger partial charge in [-0.2, -0.15) is 0 Å². The van der Waals surface area contributed by atoms with Crippen LogP contribution in [0.15, 0.2) is 4.79 Å². The predicted molar refractivity (Wildman–Crippen MR) is 89.0 cm³/mol. The van der Waals surface area contributed by atoms with Crippen LogP contribution in [0.2, 0.25) is 0 Å². The Hall–Kier alpha value is -0.980. The second-order valence-corrected chi connectivity index (χ2v) is 8.00. The van der Waals surface area contributed by atoms with Gasteiger partial charge in [-0.1, -0.05) is 13.8 Å². The molecule has 2 aromatic rings. The fourth-order valence-electron chi connectivity index (χ4n) is 3.33. The molecular formula is C15H20N2O2S2. The van der Waals surface area contributed by atoms with Crippen molar-refractivity contribution in [3.05, 3.63) is 25.6 Å². The second kappa shape index (κ2) is 4.76. The van der Waals surface area contributed by atoms with Crippen LogP contribution in [-0.4, -0.2) is 22.8 Å². The number of rotatable bonds is 2. The van der Waals surface area contributed by atoms with Gasteiger partial charge >= 0.3 is 0 Å². The Morgan fingerprint density at radius 2 is 2.10 bits per heavy atom. The molecule has 114 valence electrons. The van der Waals surface area contributed by atoms with Gasteiger partial charge in [-0.15, -0.1) is 11.3 Å². The van der Waals surface area contributed by atoms with Gasteiger partial charge in [0.2, 0.25) is 0 Å². The number of fused-ring (bicyclic) bond motifs is 1. The summed E-state index contributed by atoms with van der Waals surface area (Å²) in [5.74, 6) is 0. The number of nitrogens with zero attached hydrogens (tertiary/aromatic N) is 1. The zero-order valence-corrected chi connectivity index (χ0v) is 14.6. The molecule has 0 amide bonds. The number of H-pyrrole nitrogens is 1. The normalized spacial score (nSPS) is 24.2. The lowest BCUT2D eigenvalue weighted by Crippen LogP contribution is -2.53. The highest BCUT2D eigenvalue weighted by Crippen LogP contribution is 2.50. The molecule has 21 heavy (non-hydrogen) atoms. The first-order valence-corrected chi connectivity index (χ1v) is 8.28. The number of aromatic amines is 1. The van der Waals surface area contributed by atoms with E-state index in [1.165, 1.54) is 0 Å². The van der Waals surface area contributed by atoms with Crippen molar-refractivity contribution in [1.82, 2.24) is 9.55 Å². The Balaban J connectivity index is 2.23. The topological polar surface area (TPSA) is 47.0 Å². The molecule has 0 aromatic carbocycles. The summed E-state index contributed by atoms with van der Waals surface area (Å²) < 4.78 is 7.76. The van der Waals surface area contributed by atoms with Crippen LogP contribution in [0.3, 0.4) is 0 Å². The first-order chi connectivity index (χ1) is 9.78. The van der Waals surface area contributed by atoms with Gasteiger partial charge in [0.25, 0.3) is 5.56 Å². The highest BCUT2D eigenvalue weighted by Gasteiger charge is 2.50. The van der Waals surface area contributed by atoms with E-state index < -0.39 is 0 Å². The van der Waals surface area contributed by atoms with E-state index in [-0.39, 0.29) is 23.1 Å². The molecule has 3 rings (SSSR count). The SMILES string of the molecule is COC1CC(n2c(=S)[nH]c3sc(C)c(C)c3c2=O)C1(C)C. The molecule has 0 spiro atoms. The average molecular weight is 324 g/mol. The number of aryl methyl sites for hydroxylation is 2. The van der Waals surface area contributed by atoms with Crippen molar-refractivity contribution in [2.75, 3.05) is 7.11 Å². The number of nitrogens with one attached hydrogen (secondary N) is 1. The summed E-state index contributed by atoms with van der Waals surface area (Å²) >= 11 is 7.04. The maximum atomic E-state index is 12.9. The van der Waals surface area contributed by atoms with E-state index in [2.05, 4.69) is 18.8 Å². The van der Waals surface area contributed by atoms with Gasteiger partial charge in [-0.3, -0.25) is 9.36 Å². The van der Waals surface area contributed by atoms with Gasteiger partial charge < -0.3 is 9.72 Å². The third-order valence-corrected chi connectivity index (χ3v) is 6.40. The molecule has 2 aromatic heterocycles. The molecule has 1 aliphatic rings. The van der Waals surface area contributed by atoms with Gasteiger partial charge in [0, 0.05) is 23.4 Å². The van der Waals surface area contributed by atoms with Crippen LogP contribution in [-0.2, 0) is 4.74 Å². The standard InChI is InChI=1S/C15H20N2O2S2/c1-7-8(2)21-12-11(7)13(18)17(14(20)16-12)9-6-10(19-5)15(9,3)4/h9-10H,6H2,1-5H3,(H,16,20). The lowest BCUT2D eigenvalue weighted by molar-refractivity contribution is -0.114. The Labute approximate surface area is 132 Å². The molecule has 1 N–H and O–H groups in total. The minimum Gasteiger partial charge on any atom is -0.381 e. The zero-order chi connectivity index (χ0) is 15.5. The van der Waals surface area contributed by atoms with E-state index >= 15 is 0 Å². The summed E-state index contributed by atoms with van der Waals surface area (Å²) in [6, 6.07) is 0.0858. The van der Waals surface area contributed by atoms with Crippen LogP contribution in [0.5, 0.6) is 0 Å². The van der Waals surface area contributed by atoms with Crippen molar-refractivity contribution in [2.45, 2.75) is 46.3 Å². The first kappa shape index (κ1) is 14.9. The van der Waals surface area contributed by atoms with E-state index in [1.807, 2.05) is 13.8 Å². The molecule has 0 aliphatic heterocycles. The molecule has 4 nitrogen and oxygen atoms in total. The first-order valence-electron chi connectivity index (χ1n) is 7.06. The third kappa shape index (κ3) is 1.96. The van der Waals surface area contributed by atoms with Crippen molar-refractivity contribution >= 4 is 33.8 Å². The molecular weight excluding hydrogens is 304 g/mol. The van der Waals surface area contributed by atoms with E-state index in [0.29, 0.717) is 4.77 Å². The Morgan fingerprint density at radius 3 is 2.67 bits per heavy atom. The van der Waals surface area contributed by atoms with Crippen LogP contribution in [0.25, 0.3) is 10.2 Å². The number of hydrogen-bond donors (Lipinski definition) is 1. The summed E-state index contributed by atoms with van der Waals surface area (Å²) in [5, 5.41) is 0.780. The number of thiophene rings is 1. The largest absolute Gasteiger partial charge is 0.381 e. The average Bonchev–Trinajstić information content (AvgIpc) is 2.68. The summed E-state index contributed by atoms with van der Waals surface area (Å²) in [6.07, 6.45) is 0.999. The predicted octanol–water partition coefficient (Wildman–Crippen LogP) is 3.72. The van der Waals surface area contributed by atoms with Crippen LogP contribution in [0, 0.1) is 24.0 Å². The Kier molecular flexibility index (Phi) is 3.39. The maximum Gasteiger partial charge on any atom is 0.263 e. The molecule has 2 heterocycles. The summed E-state index contributed by atoms with van der Waals surface area (Å²) in [6.45, 7) is 8.30. The monoisotopic (exact) mass is 324 g/mol. The minimum absolute atomic E-state index is 0.0308. The van der Waals surface area contributed by atoms with Crippen molar-refractivity contribution in [3.63, 3.8) is 0 Å². The van der Waals surface area contributed by atoms with Crippen molar-refractivity contribution in [3.8, 4) is 0 Å². The van der Waals surface area contributed by atoms with Gasteiger partial charge in [-0.05, 0) is 38.0 Å². The Morgan fingerprint density at radius 1 is 1.43 bits per heavy atom. The number of hydrogen-bond acceptors (Lipinski definition) is 4. The fraction of sp³-hybridized carbons (Fsp3) is 0.600. The lowest BCUT2D eigenvalue weighted by Gasteiger charge is -2.51. The van der Waals surface area contributed by atoms with Gasteiger partial charge in [0.15, 0.2) is 4.77 Å². The quantitative estimate of drug-likeness (QED) is 0.856. The summed E-state index contributed by atoms with van der Waals surface area (Å²) in [7, 11) is 1.72. The van der Waals surface area contributed by atoms with E-state index in [0.717, 1.165) is 27.1 Å². The molecule has 1 aliphatic carbocycles. The number of aromatic nitrogens is 2. The lowest BCUT2D eigenvalue weighted by atomic mass is 9.64. The molecule has 0 radical (unpaired) electrons. The van der Waals surface area contributed by atoms with Gasteiger partial charge in [0.1, 0.15) is 4.83 Å². The second-order valence-electron chi connectivity index (χ2n) is 6.39. The highest BCUT2D eigenvalue weighted by atomic mass is 32.1. The van der Waals surface area contributed by atoms with E-state index in [4.69, 9.17) is 17.0 Å². The van der Waals surface area contributed by atoms with Crippen molar-refractivity contribution in [2.24, 2.45) is 5.41 Å². The zero-order valence-electron chi connectivity index (χ0n) is 12.9. The van der Waals surface area contributed by atoms with Gasteiger partial charge in [0.05, 0.1) is 11.5 Å². The van der Waals surface area contributed by atoms with Crippen LogP contribution < -0.4 is 5.56 Å². The maximum absolute atomic E-state index is 12.9. The summed E-state index contributed by atoms with van der Waals surface area (Å²) in [4.78, 5) is 18.2. The molecule has 0 saturated heterocycles. The van der Waals surface area contributed by atoms with Crippen LogP contribution in [0.4, 0.5) is 0 Å². The third-order valence-electron chi connectivity index (χ3n) is 4.98. The highest BCUT2D eigenvalue weighted by molar-refractivity contribution is 7.71. The van der Waals surface area contributed by atoms with Crippen LogP contribution >= 0.6 is 23.6 Å². The molecule has 1 saturated carbocycles. The molecule has 2 unspecified atom stereocenters. The number of methoxy groups -OCH3 is 1. The number of ether oxygens (including phenoxy) is 1. The summed E-state index contributed by atoms with van der Waals surface area (Å²) in [5.41, 5.74) is 0.996. The fourth-order valence-corrected chi connectivity index (χ4v) is 4.76. The van der Waals surface area contributed by atoms with E-state index in [1.54, 1.807) is 23.0 Å². The van der Waals surface area contributed by atoms with Crippen molar-refractivity contribution < 1.29 is 4.74 Å². The smallest absolute Gasteiger partial charge is 0.263 e.